The minimum Gasteiger partial charge on any atom is -0.340 e. The van der Waals surface area contributed by atoms with Gasteiger partial charge in [-0.15, -0.1) is 0 Å². The molecule has 2 fully saturated rings. The molecule has 0 spiro atoms. The molecule has 23 heavy (non-hydrogen) atoms. The van der Waals surface area contributed by atoms with Gasteiger partial charge in [-0.3, -0.25) is 4.79 Å². The van der Waals surface area contributed by atoms with Crippen LogP contribution in [-0.4, -0.2) is 62.3 Å². The van der Waals surface area contributed by atoms with Crippen molar-refractivity contribution in [2.45, 2.75) is 36.2 Å². The number of likely N-dealkylation sites (tertiary alicyclic amines) is 1. The standard InChI is InChI=1S/C16H23N3O3S/c1-18(23(21,22)15-5-3-2-4-6-15)12-16(20)19-10-9-13-7-8-14(11-19)17-13/h2-6,13-14,17H,7-12H2,1H3. The average Bonchev–Trinajstić information content (AvgIpc) is 2.87. The number of carbonyl (C=O) groups excluding carboxylic acids is 1. The highest BCUT2D eigenvalue weighted by atomic mass is 32.2. The summed E-state index contributed by atoms with van der Waals surface area (Å²) in [6, 6.07) is 9.07. The van der Waals surface area contributed by atoms with Crippen molar-refractivity contribution in [2.75, 3.05) is 26.7 Å². The molecule has 1 amide bonds. The zero-order valence-corrected chi connectivity index (χ0v) is 14.1. The molecule has 2 atom stereocenters. The molecule has 2 bridgehead atoms. The lowest BCUT2D eigenvalue weighted by Gasteiger charge is -2.26. The first kappa shape index (κ1) is 16.4. The van der Waals surface area contributed by atoms with E-state index in [1.54, 1.807) is 35.2 Å². The van der Waals surface area contributed by atoms with Crippen molar-refractivity contribution < 1.29 is 13.2 Å². The van der Waals surface area contributed by atoms with E-state index in [1.807, 2.05) is 0 Å². The van der Waals surface area contributed by atoms with Crippen LogP contribution < -0.4 is 5.32 Å². The maximum Gasteiger partial charge on any atom is 0.243 e. The minimum atomic E-state index is -3.62. The predicted octanol–water partition coefficient (Wildman–Crippen LogP) is 0.660. The van der Waals surface area contributed by atoms with Crippen LogP contribution >= 0.6 is 0 Å². The summed E-state index contributed by atoms with van der Waals surface area (Å²) in [6.07, 6.45) is 3.21. The maximum atomic E-state index is 12.5. The first-order chi connectivity index (χ1) is 11.0. The molecule has 2 aliphatic rings. The smallest absolute Gasteiger partial charge is 0.243 e. The maximum absolute atomic E-state index is 12.5. The lowest BCUT2D eigenvalue weighted by Crippen LogP contribution is -2.44. The van der Waals surface area contributed by atoms with Gasteiger partial charge in [0.15, 0.2) is 0 Å². The normalized spacial score (nSPS) is 24.7. The number of amides is 1. The highest BCUT2D eigenvalue weighted by Gasteiger charge is 2.32. The van der Waals surface area contributed by atoms with Crippen molar-refractivity contribution in [1.29, 1.82) is 0 Å². The number of rotatable bonds is 4. The van der Waals surface area contributed by atoms with Gasteiger partial charge in [-0.1, -0.05) is 18.2 Å². The van der Waals surface area contributed by atoms with E-state index in [2.05, 4.69) is 5.32 Å². The summed E-state index contributed by atoms with van der Waals surface area (Å²) >= 11 is 0. The Morgan fingerprint density at radius 1 is 1.22 bits per heavy atom. The number of hydrogen-bond acceptors (Lipinski definition) is 4. The Kier molecular flexibility index (Phi) is 4.70. The fraction of sp³-hybridized carbons (Fsp3) is 0.562. The van der Waals surface area contributed by atoms with Crippen LogP contribution in [0.2, 0.25) is 0 Å². The summed E-state index contributed by atoms with van der Waals surface area (Å²) in [5.41, 5.74) is 0. The topological polar surface area (TPSA) is 69.7 Å². The van der Waals surface area contributed by atoms with E-state index in [1.165, 1.54) is 13.5 Å². The number of nitrogens with one attached hydrogen (secondary N) is 1. The van der Waals surface area contributed by atoms with E-state index in [9.17, 15) is 13.2 Å². The molecule has 0 saturated carbocycles. The Morgan fingerprint density at radius 2 is 1.91 bits per heavy atom. The molecule has 7 heteroatoms. The van der Waals surface area contributed by atoms with Crippen LogP contribution in [0.1, 0.15) is 19.3 Å². The molecule has 2 aliphatic heterocycles. The molecule has 3 rings (SSSR count). The van der Waals surface area contributed by atoms with E-state index in [-0.39, 0.29) is 17.3 Å². The quantitative estimate of drug-likeness (QED) is 0.876. The van der Waals surface area contributed by atoms with Crippen molar-refractivity contribution in [1.82, 2.24) is 14.5 Å². The number of sulfonamides is 1. The summed E-state index contributed by atoms with van der Waals surface area (Å²) in [5.74, 6) is -0.124. The Labute approximate surface area is 137 Å². The van der Waals surface area contributed by atoms with Gasteiger partial charge < -0.3 is 10.2 Å². The Hall–Kier alpha value is -1.44. The molecular formula is C16H23N3O3S. The summed E-state index contributed by atoms with van der Waals surface area (Å²) in [7, 11) is -2.16. The third-order valence-corrected chi connectivity index (χ3v) is 6.50. The molecule has 2 saturated heterocycles. The van der Waals surface area contributed by atoms with Crippen molar-refractivity contribution in [3.8, 4) is 0 Å². The second-order valence-corrected chi connectivity index (χ2v) is 8.39. The monoisotopic (exact) mass is 337 g/mol. The highest BCUT2D eigenvalue weighted by molar-refractivity contribution is 7.89. The van der Waals surface area contributed by atoms with Crippen LogP contribution in [0.25, 0.3) is 0 Å². The molecule has 1 aromatic rings. The van der Waals surface area contributed by atoms with Gasteiger partial charge >= 0.3 is 0 Å². The van der Waals surface area contributed by atoms with Gasteiger partial charge in [0.1, 0.15) is 0 Å². The van der Waals surface area contributed by atoms with Crippen molar-refractivity contribution in [2.24, 2.45) is 0 Å². The van der Waals surface area contributed by atoms with Crippen LogP contribution in [0, 0.1) is 0 Å². The second kappa shape index (κ2) is 6.59. The van der Waals surface area contributed by atoms with Gasteiger partial charge in [0.05, 0.1) is 11.4 Å². The van der Waals surface area contributed by atoms with Crippen molar-refractivity contribution in [3.63, 3.8) is 0 Å². The van der Waals surface area contributed by atoms with Gasteiger partial charge in [-0.25, -0.2) is 8.42 Å². The summed E-state index contributed by atoms with van der Waals surface area (Å²) < 4.78 is 26.1. The third kappa shape index (κ3) is 3.57. The fourth-order valence-corrected chi connectivity index (χ4v) is 4.46. The molecule has 6 nitrogen and oxygen atoms in total. The molecule has 0 aliphatic carbocycles. The molecule has 1 aromatic carbocycles. The SMILES string of the molecule is CN(CC(=O)N1CCC2CCC(C1)N2)S(=O)(=O)c1ccccc1. The summed E-state index contributed by atoms with van der Waals surface area (Å²) in [5, 5.41) is 3.52. The van der Waals surface area contributed by atoms with E-state index in [4.69, 9.17) is 0 Å². The van der Waals surface area contributed by atoms with Crippen LogP contribution in [0.5, 0.6) is 0 Å². The van der Waals surface area contributed by atoms with E-state index in [0.717, 1.165) is 17.1 Å². The number of nitrogens with zero attached hydrogens (tertiary/aromatic N) is 2. The highest BCUT2D eigenvalue weighted by Crippen LogP contribution is 2.21. The van der Waals surface area contributed by atoms with Gasteiger partial charge in [0.2, 0.25) is 15.9 Å². The lowest BCUT2D eigenvalue weighted by molar-refractivity contribution is -0.131. The number of likely N-dealkylation sites (N-methyl/N-ethyl adjacent to an activating group) is 1. The molecular weight excluding hydrogens is 314 g/mol. The zero-order chi connectivity index (χ0) is 16.4. The number of benzene rings is 1. The predicted molar refractivity (Wildman–Crippen MR) is 87.4 cm³/mol. The first-order valence-corrected chi connectivity index (χ1v) is 9.46. The molecule has 126 valence electrons. The summed E-state index contributed by atoms with van der Waals surface area (Å²) in [4.78, 5) is 14.5. The fourth-order valence-electron chi connectivity index (χ4n) is 3.32. The Morgan fingerprint density at radius 3 is 2.65 bits per heavy atom. The van der Waals surface area contributed by atoms with Crippen LogP contribution in [-0.2, 0) is 14.8 Å². The molecule has 2 heterocycles. The van der Waals surface area contributed by atoms with Gasteiger partial charge in [0, 0.05) is 32.2 Å². The Bertz CT molecular complexity index is 662. The van der Waals surface area contributed by atoms with Crippen molar-refractivity contribution >= 4 is 15.9 Å². The molecule has 1 N–H and O–H groups in total. The average molecular weight is 337 g/mol. The molecule has 0 aromatic heterocycles. The Balaban J connectivity index is 1.65. The molecule has 0 radical (unpaired) electrons. The van der Waals surface area contributed by atoms with Gasteiger partial charge in [-0.2, -0.15) is 4.31 Å². The largest absolute Gasteiger partial charge is 0.340 e. The van der Waals surface area contributed by atoms with Crippen molar-refractivity contribution in [3.05, 3.63) is 30.3 Å². The van der Waals surface area contributed by atoms with E-state index < -0.39 is 10.0 Å². The molecule has 2 unspecified atom stereocenters. The number of fused-ring (bicyclic) bond motifs is 2. The first-order valence-electron chi connectivity index (χ1n) is 8.02. The van der Waals surface area contributed by atoms with Crippen LogP contribution in [0.4, 0.5) is 0 Å². The second-order valence-electron chi connectivity index (χ2n) is 6.34. The van der Waals surface area contributed by atoms with Gasteiger partial charge in [0.25, 0.3) is 0 Å². The zero-order valence-electron chi connectivity index (χ0n) is 13.3. The van der Waals surface area contributed by atoms with Gasteiger partial charge in [-0.05, 0) is 31.4 Å². The number of carbonyl (C=O) groups is 1. The minimum absolute atomic E-state index is 0.116. The van der Waals surface area contributed by atoms with E-state index >= 15 is 0 Å². The van der Waals surface area contributed by atoms with Crippen LogP contribution in [0.3, 0.4) is 0 Å². The lowest BCUT2D eigenvalue weighted by atomic mass is 10.1. The van der Waals surface area contributed by atoms with E-state index in [0.29, 0.717) is 25.2 Å². The third-order valence-electron chi connectivity index (χ3n) is 4.69. The number of hydrogen-bond donors (Lipinski definition) is 1. The van der Waals surface area contributed by atoms with Crippen LogP contribution in [0.15, 0.2) is 35.2 Å². The summed E-state index contributed by atoms with van der Waals surface area (Å²) in [6.45, 7) is 1.26.